The van der Waals surface area contributed by atoms with Crippen molar-refractivity contribution in [1.29, 1.82) is 0 Å². The van der Waals surface area contributed by atoms with Crippen molar-refractivity contribution in [3.05, 3.63) is 106 Å². The van der Waals surface area contributed by atoms with Gasteiger partial charge in [-0.2, -0.15) is 0 Å². The third-order valence-corrected chi connectivity index (χ3v) is 12.8. The van der Waals surface area contributed by atoms with E-state index >= 15 is 0 Å². The molecule has 0 radical (unpaired) electrons. The van der Waals surface area contributed by atoms with E-state index in [2.05, 4.69) is 55.1 Å². The molecular weight excluding hydrogens is 939 g/mol. The number of hydrogen-bond donors (Lipinski definition) is 6. The van der Waals surface area contributed by atoms with Gasteiger partial charge in [0.15, 0.2) is 0 Å². The Kier molecular flexibility index (Phi) is 17.2. The fraction of sp³-hybridized carbons (Fsp3) is 0.354. The number of fused-ring (bicyclic) bond motifs is 2. The van der Waals surface area contributed by atoms with Crippen molar-refractivity contribution < 1.29 is 43.0 Å². The van der Waals surface area contributed by atoms with Crippen LogP contribution in [0.1, 0.15) is 88.4 Å². The van der Waals surface area contributed by atoms with Crippen LogP contribution in [0.25, 0.3) is 21.9 Å². The van der Waals surface area contributed by atoms with Crippen LogP contribution in [0.5, 0.6) is 0 Å². The molecule has 2 aromatic carbocycles. The number of aromatic carboxylic acids is 1. The van der Waals surface area contributed by atoms with Gasteiger partial charge in [0.25, 0.3) is 11.8 Å². The Bertz CT molecular complexity index is 2760. The first-order valence-corrected chi connectivity index (χ1v) is 22.6. The molecule has 8 rings (SSSR count). The predicted octanol–water partition coefficient (Wildman–Crippen LogP) is 9.20. The van der Waals surface area contributed by atoms with Gasteiger partial charge < -0.3 is 50.1 Å². The maximum atomic E-state index is 13.1. The molecule has 0 spiro atoms. The van der Waals surface area contributed by atoms with Crippen molar-refractivity contribution >= 4 is 110 Å². The molecule has 4 heterocycles. The van der Waals surface area contributed by atoms with Crippen molar-refractivity contribution in [2.24, 2.45) is 11.8 Å². The summed E-state index contributed by atoms with van der Waals surface area (Å²) in [5.74, 6) is -2.61. The first kappa shape index (κ1) is 51.3. The molecule has 360 valence electrons. The van der Waals surface area contributed by atoms with E-state index in [0.29, 0.717) is 55.6 Å². The zero-order valence-corrected chi connectivity index (χ0v) is 40.1. The number of hydrogen-bond acceptors (Lipinski definition) is 12. The second kappa shape index (κ2) is 22.8. The number of aromatic nitrogens is 2. The van der Waals surface area contributed by atoms with Crippen molar-refractivity contribution in [2.45, 2.75) is 70.1 Å². The van der Waals surface area contributed by atoms with Crippen molar-refractivity contribution in [2.75, 3.05) is 49.5 Å². The maximum Gasteiger partial charge on any atom is 0.335 e. The summed E-state index contributed by atoms with van der Waals surface area (Å²) in [7, 11) is 8.18. The number of nitrogens with one attached hydrogen (secondary N) is 4. The maximum absolute atomic E-state index is 13.1. The number of rotatable bonds is 12. The zero-order chi connectivity index (χ0) is 47.9. The number of anilines is 4. The molecule has 2 fully saturated rings. The largest absolute Gasteiger partial charge is 0.478 e. The quantitative estimate of drug-likeness (QED) is 0.0672. The number of halogens is 3. The monoisotopic (exact) mass is 990 g/mol. The van der Waals surface area contributed by atoms with Crippen LogP contribution in [0.15, 0.2) is 81.9 Å². The standard InChI is InChI=1S/C24H25ClN4O5.C24H27ClN4O4.ClH/c1-29(2)16-7-3-13(4-8-16)22(30)28-20-17-11-14(24(32)33)5-9-18(17)34-21(20)23(31)27-19-10-6-15(25)12-26-19;1-29(2)17-7-4-15(5-8-17)23(31)28-21-18-11-14(13-30)3-9-19(18)33-22(21)24(32)27-20-10-6-16(25)12-26-20;/h5-6,9-13,16H,3-4,7-8H2,1-2H3,(H,28,30)(H,32,33)(H,26,27,31);3,6,9-12,15,17,30H,4-5,7-8,13H2,1-2H3,(H,28,31)(H,26,27,32);1H. The van der Waals surface area contributed by atoms with Crippen LogP contribution in [-0.4, -0.2) is 99.9 Å². The van der Waals surface area contributed by atoms with Crippen LogP contribution in [0.2, 0.25) is 10.0 Å². The van der Waals surface area contributed by atoms with Crippen LogP contribution in [0.3, 0.4) is 0 Å². The lowest BCUT2D eigenvalue weighted by Crippen LogP contribution is -2.35. The van der Waals surface area contributed by atoms with E-state index in [-0.39, 0.29) is 76.8 Å². The summed E-state index contributed by atoms with van der Waals surface area (Å²) in [6.45, 7) is -0.167. The fourth-order valence-corrected chi connectivity index (χ4v) is 8.67. The smallest absolute Gasteiger partial charge is 0.335 e. The molecule has 2 aliphatic rings. The van der Waals surface area contributed by atoms with E-state index in [1.165, 1.54) is 36.7 Å². The highest BCUT2D eigenvalue weighted by molar-refractivity contribution is 6.30. The number of amides is 4. The van der Waals surface area contributed by atoms with Gasteiger partial charge in [0.2, 0.25) is 23.3 Å². The van der Waals surface area contributed by atoms with Crippen LogP contribution >= 0.6 is 35.6 Å². The Morgan fingerprint density at radius 2 is 1.04 bits per heavy atom. The van der Waals surface area contributed by atoms with E-state index in [9.17, 15) is 34.2 Å². The van der Waals surface area contributed by atoms with E-state index < -0.39 is 17.8 Å². The zero-order valence-electron chi connectivity index (χ0n) is 37.8. The van der Waals surface area contributed by atoms with Crippen LogP contribution < -0.4 is 21.3 Å². The van der Waals surface area contributed by atoms with Crippen molar-refractivity contribution in [3.8, 4) is 0 Å². The van der Waals surface area contributed by atoms with E-state index in [1.54, 1.807) is 36.4 Å². The molecule has 17 nitrogen and oxygen atoms in total. The van der Waals surface area contributed by atoms with Gasteiger partial charge in [0.05, 0.1) is 22.2 Å². The van der Waals surface area contributed by atoms with Crippen molar-refractivity contribution in [1.82, 2.24) is 19.8 Å². The number of furan rings is 2. The minimum absolute atomic E-state index is 0. The molecule has 4 aromatic heterocycles. The summed E-state index contributed by atoms with van der Waals surface area (Å²) in [5, 5.41) is 31.8. The average molecular weight is 992 g/mol. The second-order valence-electron chi connectivity index (χ2n) is 17.2. The molecule has 68 heavy (non-hydrogen) atoms. The Hall–Kier alpha value is -6.08. The minimum atomic E-state index is -1.13. The number of carboxylic acid groups (broad SMARTS) is 1. The van der Waals surface area contributed by atoms with Gasteiger partial charge in [-0.25, -0.2) is 14.8 Å². The summed E-state index contributed by atoms with van der Waals surface area (Å²) in [6, 6.07) is 16.6. The molecule has 0 bridgehead atoms. The van der Waals surface area contributed by atoms with Gasteiger partial charge in [-0.15, -0.1) is 12.4 Å². The average Bonchev–Trinajstić information content (AvgIpc) is 3.87. The second-order valence-corrected chi connectivity index (χ2v) is 18.0. The summed E-state index contributed by atoms with van der Waals surface area (Å²) < 4.78 is 11.6. The lowest BCUT2D eigenvalue weighted by Gasteiger charge is -2.31. The van der Waals surface area contributed by atoms with Gasteiger partial charge in [-0.05, 0) is 140 Å². The van der Waals surface area contributed by atoms with E-state index in [4.69, 9.17) is 32.0 Å². The highest BCUT2D eigenvalue weighted by Crippen LogP contribution is 2.37. The lowest BCUT2D eigenvalue weighted by atomic mass is 9.85. The number of aliphatic hydroxyl groups is 1. The Morgan fingerprint density at radius 1 is 0.618 bits per heavy atom. The number of carbonyl (C=O) groups is 5. The number of benzene rings is 2. The molecule has 2 aliphatic carbocycles. The number of nitrogens with zero attached hydrogens (tertiary/aromatic N) is 4. The van der Waals surface area contributed by atoms with Crippen LogP contribution in [-0.2, 0) is 16.2 Å². The third kappa shape index (κ3) is 12.3. The summed E-state index contributed by atoms with van der Waals surface area (Å²) >= 11 is 11.7. The number of carbonyl (C=O) groups excluding carboxylic acids is 4. The molecule has 0 aliphatic heterocycles. The highest BCUT2D eigenvalue weighted by atomic mass is 35.5. The molecule has 0 unspecified atom stereocenters. The van der Waals surface area contributed by atoms with Gasteiger partial charge in [0.1, 0.15) is 34.2 Å². The van der Waals surface area contributed by atoms with Gasteiger partial charge in [-0.3, -0.25) is 19.2 Å². The summed E-state index contributed by atoms with van der Waals surface area (Å²) in [4.78, 5) is 76.3. The molecule has 0 saturated heterocycles. The van der Waals surface area contributed by atoms with Gasteiger partial charge in [0, 0.05) is 47.1 Å². The number of carboxylic acids is 1. The first-order chi connectivity index (χ1) is 32.1. The molecule has 0 atom stereocenters. The van der Waals surface area contributed by atoms with Gasteiger partial charge >= 0.3 is 5.97 Å². The van der Waals surface area contributed by atoms with Gasteiger partial charge in [-0.1, -0.05) is 29.3 Å². The van der Waals surface area contributed by atoms with Crippen LogP contribution in [0, 0.1) is 11.8 Å². The van der Waals surface area contributed by atoms with Crippen LogP contribution in [0.4, 0.5) is 23.0 Å². The molecule has 6 aromatic rings. The molecule has 20 heteroatoms. The number of aliphatic hydroxyl groups excluding tert-OH is 1. The Morgan fingerprint density at radius 3 is 1.43 bits per heavy atom. The predicted molar refractivity (Wildman–Crippen MR) is 263 cm³/mol. The molecule has 6 N–H and O–H groups in total. The summed E-state index contributed by atoms with van der Waals surface area (Å²) in [5.41, 5.74) is 1.83. The molecule has 2 saturated carbocycles. The Balaban J connectivity index is 0.000000221. The molecular formula is C48H53Cl3N8O9. The minimum Gasteiger partial charge on any atom is -0.478 e. The summed E-state index contributed by atoms with van der Waals surface area (Å²) in [6.07, 6.45) is 9.51. The first-order valence-electron chi connectivity index (χ1n) is 21.8. The lowest BCUT2D eigenvalue weighted by molar-refractivity contribution is -0.121. The highest BCUT2D eigenvalue weighted by Gasteiger charge is 2.32. The SMILES string of the molecule is CN(C)C1CCC(C(=O)Nc2c(C(=O)Nc3ccc(Cl)cn3)oc3ccc(C(=O)O)cc23)CC1.CN(C)C1CCC(C(=O)Nc2c(C(=O)Nc3ccc(Cl)cn3)oc3ccc(CO)cc23)CC1.Cl. The Labute approximate surface area is 408 Å². The molecule has 4 amide bonds. The van der Waals surface area contributed by atoms with E-state index in [1.807, 2.05) is 14.1 Å². The van der Waals surface area contributed by atoms with Crippen molar-refractivity contribution in [3.63, 3.8) is 0 Å². The topological polar surface area (TPSA) is 232 Å². The van der Waals surface area contributed by atoms with E-state index in [0.717, 1.165) is 51.4 Å². The third-order valence-electron chi connectivity index (χ3n) is 12.3. The normalized spacial score (nSPS) is 18.0. The number of pyridine rings is 2. The fourth-order valence-electron chi connectivity index (χ4n) is 8.45.